The van der Waals surface area contributed by atoms with Crippen molar-refractivity contribution in [2.45, 2.75) is 19.0 Å². The highest BCUT2D eigenvalue weighted by Crippen LogP contribution is 2.38. The van der Waals surface area contributed by atoms with E-state index in [4.69, 9.17) is 16.0 Å². The van der Waals surface area contributed by atoms with Crippen LogP contribution in [0.3, 0.4) is 0 Å². The van der Waals surface area contributed by atoms with Crippen molar-refractivity contribution in [3.8, 4) is 11.7 Å². The van der Waals surface area contributed by atoms with Gasteiger partial charge in [-0.3, -0.25) is 18.5 Å². The smallest absolute Gasteiger partial charge is 0.331 e. The Morgan fingerprint density at radius 2 is 2.08 bits per heavy atom. The Bertz CT molecular complexity index is 1870. The standard InChI is InChI=1S/C25H17F2N7O4/c1-28-14-3-4-17-19(9-14)33(12-30-17)24-29-10-20-23(31-24)34(25(36)32(20)11-21(35)37-2)18-5-6-38-22-15(18)7-13(26)8-16(22)27/h3-4,7-10,12,18H,5-6,11H2,2H3. The topological polar surface area (TPSA) is 110 Å². The van der Waals surface area contributed by atoms with Crippen LogP contribution in [0.2, 0.25) is 0 Å². The maximum Gasteiger partial charge on any atom is 0.331 e. The molecule has 11 nitrogen and oxygen atoms in total. The van der Waals surface area contributed by atoms with Crippen LogP contribution >= 0.6 is 0 Å². The summed E-state index contributed by atoms with van der Waals surface area (Å²) in [5, 5.41) is 0. The van der Waals surface area contributed by atoms with Gasteiger partial charge >= 0.3 is 11.7 Å². The van der Waals surface area contributed by atoms with E-state index in [-0.39, 0.29) is 41.5 Å². The maximum absolute atomic E-state index is 14.5. The number of rotatable bonds is 4. The second-order valence-corrected chi connectivity index (χ2v) is 8.55. The molecule has 0 saturated heterocycles. The zero-order chi connectivity index (χ0) is 26.6. The lowest BCUT2D eigenvalue weighted by atomic mass is 10.00. The Labute approximate surface area is 212 Å². The lowest BCUT2D eigenvalue weighted by Crippen LogP contribution is -2.32. The quantitative estimate of drug-likeness (QED) is 0.266. The summed E-state index contributed by atoms with van der Waals surface area (Å²) in [5.41, 5.74) is 1.43. The van der Waals surface area contributed by atoms with Crippen LogP contribution in [0.1, 0.15) is 18.0 Å². The summed E-state index contributed by atoms with van der Waals surface area (Å²) < 4.78 is 43.0. The van der Waals surface area contributed by atoms with E-state index in [0.29, 0.717) is 22.8 Å². The number of carbonyl (C=O) groups excluding carboxylic acids is 1. The Morgan fingerprint density at radius 1 is 1.24 bits per heavy atom. The highest BCUT2D eigenvalue weighted by Gasteiger charge is 2.31. The van der Waals surface area contributed by atoms with Crippen molar-refractivity contribution in [3.05, 3.63) is 82.0 Å². The number of nitrogens with zero attached hydrogens (tertiary/aromatic N) is 7. The maximum atomic E-state index is 14.5. The van der Waals surface area contributed by atoms with Crippen LogP contribution < -0.4 is 10.4 Å². The lowest BCUT2D eigenvalue weighted by Gasteiger charge is -2.27. The molecule has 0 saturated carbocycles. The van der Waals surface area contributed by atoms with Crippen molar-refractivity contribution in [2.75, 3.05) is 13.7 Å². The minimum Gasteiger partial charge on any atom is -0.490 e. The first kappa shape index (κ1) is 23.3. The van der Waals surface area contributed by atoms with Gasteiger partial charge in [0.15, 0.2) is 22.9 Å². The van der Waals surface area contributed by atoms with Crippen molar-refractivity contribution in [2.24, 2.45) is 0 Å². The number of imidazole rings is 2. The van der Waals surface area contributed by atoms with Gasteiger partial charge in [-0.05, 0) is 18.2 Å². The first-order chi connectivity index (χ1) is 18.4. The Morgan fingerprint density at radius 3 is 2.87 bits per heavy atom. The first-order valence-corrected chi connectivity index (χ1v) is 11.4. The molecule has 0 N–H and O–H groups in total. The van der Waals surface area contributed by atoms with Crippen molar-refractivity contribution < 1.29 is 23.0 Å². The number of carbonyl (C=O) groups is 1. The molecule has 0 aliphatic carbocycles. The molecule has 13 heteroatoms. The molecule has 1 aliphatic heterocycles. The van der Waals surface area contributed by atoms with Gasteiger partial charge in [-0.1, -0.05) is 6.07 Å². The number of hydrogen-bond donors (Lipinski definition) is 0. The van der Waals surface area contributed by atoms with Gasteiger partial charge in [-0.15, -0.1) is 0 Å². The number of fused-ring (bicyclic) bond motifs is 3. The minimum absolute atomic E-state index is 0.0693. The number of methoxy groups -OCH3 is 1. The molecule has 0 radical (unpaired) electrons. The van der Waals surface area contributed by atoms with Gasteiger partial charge in [-0.25, -0.2) is 28.4 Å². The highest BCUT2D eigenvalue weighted by molar-refractivity contribution is 5.82. The third-order valence-electron chi connectivity index (χ3n) is 6.43. The SMILES string of the molecule is [C-]#[N+]c1ccc2ncn(-c3ncc4c(n3)n(C3CCOc5c(F)cc(F)cc53)c(=O)n4CC(=O)OC)c2c1. The van der Waals surface area contributed by atoms with E-state index >= 15 is 0 Å². The van der Waals surface area contributed by atoms with E-state index in [1.165, 1.54) is 24.2 Å². The fraction of sp³-hybridized carbons (Fsp3) is 0.200. The molecule has 190 valence electrons. The molecular weight excluding hydrogens is 500 g/mol. The molecule has 1 aliphatic rings. The third kappa shape index (κ3) is 3.57. The average molecular weight is 517 g/mol. The van der Waals surface area contributed by atoms with Gasteiger partial charge in [0.05, 0.1) is 43.6 Å². The monoisotopic (exact) mass is 517 g/mol. The number of ether oxygens (including phenoxy) is 2. The number of halogens is 2. The Balaban J connectivity index is 1.61. The molecule has 1 atom stereocenters. The Hall–Kier alpha value is -5.12. The normalized spacial score (nSPS) is 14.7. The molecule has 0 amide bonds. The van der Waals surface area contributed by atoms with Crippen LogP contribution in [0.25, 0.3) is 33.0 Å². The first-order valence-electron chi connectivity index (χ1n) is 11.4. The van der Waals surface area contributed by atoms with E-state index in [1.54, 1.807) is 22.8 Å². The lowest BCUT2D eigenvalue weighted by molar-refractivity contribution is -0.141. The summed E-state index contributed by atoms with van der Waals surface area (Å²) in [6, 6.07) is 5.97. The fourth-order valence-electron chi connectivity index (χ4n) is 4.69. The van der Waals surface area contributed by atoms with Gasteiger partial charge in [0.1, 0.15) is 24.2 Å². The van der Waals surface area contributed by atoms with Gasteiger partial charge in [0.2, 0.25) is 5.95 Å². The molecule has 6 rings (SSSR count). The number of esters is 1. The molecule has 3 aromatic heterocycles. The predicted molar refractivity (Wildman–Crippen MR) is 129 cm³/mol. The summed E-state index contributed by atoms with van der Waals surface area (Å²) >= 11 is 0. The molecule has 0 bridgehead atoms. The molecule has 0 fully saturated rings. The Kier molecular flexibility index (Phi) is 5.37. The predicted octanol–water partition coefficient (Wildman–Crippen LogP) is 3.31. The van der Waals surface area contributed by atoms with Crippen LogP contribution in [0, 0.1) is 18.2 Å². The van der Waals surface area contributed by atoms with E-state index in [2.05, 4.69) is 19.8 Å². The van der Waals surface area contributed by atoms with Crippen molar-refractivity contribution in [3.63, 3.8) is 0 Å². The average Bonchev–Trinajstić information content (AvgIpc) is 3.46. The second-order valence-electron chi connectivity index (χ2n) is 8.55. The van der Waals surface area contributed by atoms with Gasteiger partial charge < -0.3 is 9.47 Å². The van der Waals surface area contributed by atoms with Crippen molar-refractivity contribution in [1.29, 1.82) is 0 Å². The van der Waals surface area contributed by atoms with Crippen molar-refractivity contribution >= 4 is 33.9 Å². The zero-order valence-electron chi connectivity index (χ0n) is 19.8. The summed E-state index contributed by atoms with van der Waals surface area (Å²) in [6.45, 7) is 6.96. The third-order valence-corrected chi connectivity index (χ3v) is 6.43. The van der Waals surface area contributed by atoms with E-state index < -0.39 is 35.9 Å². The van der Waals surface area contributed by atoms with Crippen LogP contribution in [-0.4, -0.2) is 48.3 Å². The van der Waals surface area contributed by atoms with Gasteiger partial charge in [0.25, 0.3) is 0 Å². The van der Waals surface area contributed by atoms with Crippen LogP contribution in [0.15, 0.2) is 47.7 Å². The van der Waals surface area contributed by atoms with Crippen LogP contribution in [-0.2, 0) is 16.1 Å². The molecule has 2 aromatic carbocycles. The van der Waals surface area contributed by atoms with Crippen LogP contribution in [0.5, 0.6) is 5.75 Å². The van der Waals surface area contributed by atoms with E-state index in [1.807, 2.05) is 0 Å². The molecule has 38 heavy (non-hydrogen) atoms. The summed E-state index contributed by atoms with van der Waals surface area (Å²) in [7, 11) is 1.20. The summed E-state index contributed by atoms with van der Waals surface area (Å²) in [6.07, 6.45) is 3.09. The molecule has 4 heterocycles. The molecule has 0 spiro atoms. The molecule has 5 aromatic rings. The number of hydrogen-bond acceptors (Lipinski definition) is 7. The largest absolute Gasteiger partial charge is 0.490 e. The molecular formula is C25H17F2N7O4. The molecule has 1 unspecified atom stereocenters. The van der Waals surface area contributed by atoms with Gasteiger partial charge in [0, 0.05) is 18.1 Å². The fourth-order valence-corrected chi connectivity index (χ4v) is 4.69. The van der Waals surface area contributed by atoms with E-state index in [0.717, 1.165) is 10.6 Å². The minimum atomic E-state index is -0.883. The number of benzene rings is 2. The summed E-state index contributed by atoms with van der Waals surface area (Å²) in [4.78, 5) is 42.6. The van der Waals surface area contributed by atoms with Gasteiger partial charge in [-0.2, -0.15) is 4.98 Å². The number of aromatic nitrogens is 6. The van der Waals surface area contributed by atoms with E-state index in [9.17, 15) is 18.4 Å². The second kappa shape index (κ2) is 8.77. The summed E-state index contributed by atoms with van der Waals surface area (Å²) in [5.74, 6) is -2.38. The zero-order valence-corrected chi connectivity index (χ0v) is 19.8. The van der Waals surface area contributed by atoms with Crippen LogP contribution in [0.4, 0.5) is 14.5 Å². The van der Waals surface area contributed by atoms with Crippen molar-refractivity contribution in [1.82, 2.24) is 28.7 Å². The highest BCUT2D eigenvalue weighted by atomic mass is 19.1.